The Labute approximate surface area is 200 Å². The highest BCUT2D eigenvalue weighted by atomic mass is 127. The van der Waals surface area contributed by atoms with Crippen molar-refractivity contribution in [1.82, 2.24) is 15.6 Å². The van der Waals surface area contributed by atoms with Crippen molar-refractivity contribution in [2.45, 2.75) is 65.1 Å². The minimum atomic E-state index is 0. The predicted octanol–water partition coefficient (Wildman–Crippen LogP) is 4.91. The van der Waals surface area contributed by atoms with Gasteiger partial charge < -0.3 is 20.1 Å². The third-order valence-electron chi connectivity index (χ3n) is 4.98. The molecular weight excluding hydrogens is 511 g/mol. The van der Waals surface area contributed by atoms with E-state index in [4.69, 9.17) is 14.5 Å². The van der Waals surface area contributed by atoms with Crippen LogP contribution in [0.15, 0.2) is 29.4 Å². The largest absolute Gasteiger partial charge is 0.493 e. The van der Waals surface area contributed by atoms with Crippen LogP contribution in [0.25, 0.3) is 0 Å². The molecule has 1 aromatic heterocycles. The third-order valence-corrected chi connectivity index (χ3v) is 6.12. The van der Waals surface area contributed by atoms with Gasteiger partial charge in [0.25, 0.3) is 0 Å². The molecule has 0 atom stereocenters. The van der Waals surface area contributed by atoms with E-state index in [1.54, 1.807) is 18.4 Å². The van der Waals surface area contributed by atoms with Crippen molar-refractivity contribution in [3.63, 3.8) is 0 Å². The van der Waals surface area contributed by atoms with Gasteiger partial charge in [-0.25, -0.2) is 9.98 Å². The maximum absolute atomic E-state index is 6.32. The molecule has 1 heterocycles. The average molecular weight is 545 g/mol. The van der Waals surface area contributed by atoms with Crippen LogP contribution in [0.4, 0.5) is 0 Å². The van der Waals surface area contributed by atoms with Gasteiger partial charge in [-0.2, -0.15) is 0 Å². The van der Waals surface area contributed by atoms with Gasteiger partial charge in [0.2, 0.25) is 0 Å². The van der Waals surface area contributed by atoms with Gasteiger partial charge in [0.05, 0.1) is 26.3 Å². The number of para-hydroxylation sites is 1. The molecule has 1 aromatic carbocycles. The van der Waals surface area contributed by atoms with E-state index < -0.39 is 0 Å². The van der Waals surface area contributed by atoms with Crippen molar-refractivity contribution in [3.8, 4) is 11.5 Å². The Hall–Kier alpha value is -1.55. The van der Waals surface area contributed by atoms with E-state index in [0.29, 0.717) is 13.1 Å². The van der Waals surface area contributed by atoms with Crippen LogP contribution >= 0.6 is 35.3 Å². The molecule has 30 heavy (non-hydrogen) atoms. The number of hydrogen-bond donors (Lipinski definition) is 2. The molecule has 1 fully saturated rings. The molecule has 8 heteroatoms. The molecule has 0 aliphatic heterocycles. The van der Waals surface area contributed by atoms with E-state index in [9.17, 15) is 0 Å². The Bertz CT molecular complexity index is 806. The van der Waals surface area contributed by atoms with Crippen LogP contribution in [0.1, 0.15) is 55.0 Å². The number of ether oxygens (including phenoxy) is 2. The second-order valence-corrected chi connectivity index (χ2v) is 8.30. The summed E-state index contributed by atoms with van der Waals surface area (Å²) in [6, 6.07) is 6.01. The van der Waals surface area contributed by atoms with Crippen LogP contribution in [0.2, 0.25) is 0 Å². The molecule has 2 aromatic rings. The minimum absolute atomic E-state index is 0. The number of aliphatic imine (C=N–C) groups is 1. The van der Waals surface area contributed by atoms with Crippen molar-refractivity contribution >= 4 is 41.3 Å². The number of guanidine groups is 1. The Morgan fingerprint density at radius 1 is 1.23 bits per heavy atom. The zero-order valence-corrected chi connectivity index (χ0v) is 21.2. The lowest BCUT2D eigenvalue weighted by Crippen LogP contribution is -2.36. The molecule has 1 aliphatic carbocycles. The standard InChI is InChI=1S/C22H32N4O2S.HI/c1-4-18-14-24-20(29-18)15-26-22(23-5-2)25-13-16-9-8-12-19(27-3)21(16)28-17-10-6-7-11-17;/h8-9,12,14,17H,4-7,10-11,13,15H2,1-3H3,(H2,23,25,26);1H. The number of methoxy groups -OCH3 is 1. The van der Waals surface area contributed by atoms with Gasteiger partial charge in [0.15, 0.2) is 17.5 Å². The van der Waals surface area contributed by atoms with E-state index in [0.717, 1.165) is 53.8 Å². The summed E-state index contributed by atoms with van der Waals surface area (Å²) in [4.78, 5) is 10.5. The summed E-state index contributed by atoms with van der Waals surface area (Å²) < 4.78 is 11.9. The molecule has 1 aliphatic rings. The first kappa shape index (κ1) is 24.7. The molecule has 2 N–H and O–H groups in total. The van der Waals surface area contributed by atoms with E-state index >= 15 is 0 Å². The first-order chi connectivity index (χ1) is 14.2. The van der Waals surface area contributed by atoms with Crippen molar-refractivity contribution in [2.75, 3.05) is 13.7 Å². The highest BCUT2D eigenvalue weighted by molar-refractivity contribution is 14.0. The number of halogens is 1. The summed E-state index contributed by atoms with van der Waals surface area (Å²) in [7, 11) is 1.69. The highest BCUT2D eigenvalue weighted by Gasteiger charge is 2.20. The first-order valence-electron chi connectivity index (χ1n) is 10.5. The van der Waals surface area contributed by atoms with Gasteiger partial charge in [-0.3, -0.25) is 0 Å². The van der Waals surface area contributed by atoms with Crippen LogP contribution < -0.4 is 20.1 Å². The lowest BCUT2D eigenvalue weighted by atomic mass is 10.1. The summed E-state index contributed by atoms with van der Waals surface area (Å²) >= 11 is 1.74. The number of benzene rings is 1. The fourth-order valence-electron chi connectivity index (χ4n) is 3.41. The highest BCUT2D eigenvalue weighted by Crippen LogP contribution is 2.35. The molecule has 6 nitrogen and oxygen atoms in total. The Balaban J connectivity index is 0.00000320. The van der Waals surface area contributed by atoms with E-state index in [2.05, 4.69) is 35.5 Å². The van der Waals surface area contributed by atoms with Crippen molar-refractivity contribution in [3.05, 3.63) is 39.8 Å². The number of nitrogens with zero attached hydrogens (tertiary/aromatic N) is 2. The SMILES string of the molecule is CCNC(=NCc1cccc(OC)c1OC1CCCC1)NCc1ncc(CC)s1.I. The van der Waals surface area contributed by atoms with E-state index in [1.807, 2.05) is 18.3 Å². The number of nitrogens with one attached hydrogen (secondary N) is 2. The normalized spacial score (nSPS) is 14.3. The summed E-state index contributed by atoms with van der Waals surface area (Å²) in [6.45, 7) is 6.20. The number of aryl methyl sites for hydroxylation is 1. The van der Waals surface area contributed by atoms with Gasteiger partial charge in [0, 0.05) is 23.2 Å². The van der Waals surface area contributed by atoms with Crippen molar-refractivity contribution in [1.29, 1.82) is 0 Å². The molecule has 0 spiro atoms. The summed E-state index contributed by atoms with van der Waals surface area (Å²) in [5.74, 6) is 2.38. The Morgan fingerprint density at radius 2 is 2.03 bits per heavy atom. The summed E-state index contributed by atoms with van der Waals surface area (Å²) in [5.41, 5.74) is 1.04. The molecule has 0 radical (unpaired) electrons. The molecule has 166 valence electrons. The molecule has 0 amide bonds. The molecule has 0 bridgehead atoms. The van der Waals surface area contributed by atoms with Gasteiger partial charge in [-0.1, -0.05) is 19.1 Å². The molecule has 0 unspecified atom stereocenters. The van der Waals surface area contributed by atoms with Crippen molar-refractivity contribution < 1.29 is 9.47 Å². The van der Waals surface area contributed by atoms with Gasteiger partial charge in [0.1, 0.15) is 5.01 Å². The smallest absolute Gasteiger partial charge is 0.191 e. The second kappa shape index (κ2) is 13.0. The van der Waals surface area contributed by atoms with Crippen LogP contribution in [0.5, 0.6) is 11.5 Å². The average Bonchev–Trinajstić information content (AvgIpc) is 3.42. The lowest BCUT2D eigenvalue weighted by Gasteiger charge is -2.19. The fourth-order valence-corrected chi connectivity index (χ4v) is 4.21. The molecule has 3 rings (SSSR count). The van der Waals surface area contributed by atoms with Crippen LogP contribution in [0, 0.1) is 0 Å². The second-order valence-electron chi connectivity index (χ2n) is 7.10. The number of rotatable bonds is 9. The number of thiazole rings is 1. The number of aromatic nitrogens is 1. The molecule has 0 saturated heterocycles. The monoisotopic (exact) mass is 544 g/mol. The fraction of sp³-hybridized carbons (Fsp3) is 0.545. The first-order valence-corrected chi connectivity index (χ1v) is 11.3. The summed E-state index contributed by atoms with van der Waals surface area (Å²) in [6.07, 6.45) is 7.94. The third kappa shape index (κ3) is 7.01. The van der Waals surface area contributed by atoms with Gasteiger partial charge in [-0.15, -0.1) is 35.3 Å². The zero-order valence-electron chi connectivity index (χ0n) is 18.1. The Kier molecular flexibility index (Phi) is 10.7. The topological polar surface area (TPSA) is 67.8 Å². The lowest BCUT2D eigenvalue weighted by molar-refractivity contribution is 0.198. The van der Waals surface area contributed by atoms with Crippen LogP contribution in [-0.4, -0.2) is 30.7 Å². The van der Waals surface area contributed by atoms with E-state index in [1.165, 1.54) is 17.7 Å². The van der Waals surface area contributed by atoms with Crippen molar-refractivity contribution in [2.24, 2.45) is 4.99 Å². The minimum Gasteiger partial charge on any atom is -0.493 e. The maximum atomic E-state index is 6.32. The van der Waals surface area contributed by atoms with Gasteiger partial charge in [-0.05, 0) is 45.1 Å². The maximum Gasteiger partial charge on any atom is 0.191 e. The quantitative estimate of drug-likeness (QED) is 0.267. The zero-order chi connectivity index (χ0) is 20.5. The van der Waals surface area contributed by atoms with Crippen LogP contribution in [0.3, 0.4) is 0 Å². The van der Waals surface area contributed by atoms with Crippen LogP contribution in [-0.2, 0) is 19.5 Å². The molecular formula is C22H33IN4O2S. The summed E-state index contributed by atoms with van der Waals surface area (Å²) in [5, 5.41) is 7.76. The Morgan fingerprint density at radius 3 is 2.70 bits per heavy atom. The van der Waals surface area contributed by atoms with E-state index in [-0.39, 0.29) is 30.1 Å². The van der Waals surface area contributed by atoms with Gasteiger partial charge >= 0.3 is 0 Å². The molecule has 1 saturated carbocycles. The number of hydrogen-bond acceptors (Lipinski definition) is 5. The predicted molar refractivity (Wildman–Crippen MR) is 134 cm³/mol.